The number of fused-ring (bicyclic) bond motifs is 1. The van der Waals surface area contributed by atoms with E-state index in [9.17, 15) is 9.18 Å². The van der Waals surface area contributed by atoms with Gasteiger partial charge in [-0.25, -0.2) is 14.4 Å². The number of pyridine rings is 1. The van der Waals surface area contributed by atoms with Gasteiger partial charge in [0.2, 0.25) is 0 Å². The maximum atomic E-state index is 14.7. The summed E-state index contributed by atoms with van der Waals surface area (Å²) in [7, 11) is 0. The number of carbonyl (C=O) groups excluding carboxylic acids is 1. The number of aliphatic imine (C=N–C) groups is 2. The van der Waals surface area contributed by atoms with Crippen LogP contribution in [0.15, 0.2) is 95.2 Å². The topological polar surface area (TPSA) is 97.1 Å². The summed E-state index contributed by atoms with van der Waals surface area (Å²) in [5.74, 6) is -0.135. The van der Waals surface area contributed by atoms with E-state index < -0.39 is 6.17 Å². The number of nitrogens with one attached hydrogen (secondary N) is 1. The van der Waals surface area contributed by atoms with Gasteiger partial charge in [0, 0.05) is 25.3 Å². The van der Waals surface area contributed by atoms with Crippen LogP contribution in [0.5, 0.6) is 0 Å². The largest absolute Gasteiger partial charge is 0.383 e. The van der Waals surface area contributed by atoms with Crippen LogP contribution in [-0.4, -0.2) is 39.2 Å². The fourth-order valence-corrected chi connectivity index (χ4v) is 3.82. The van der Waals surface area contributed by atoms with E-state index in [1.165, 1.54) is 6.20 Å². The summed E-state index contributed by atoms with van der Waals surface area (Å²) in [5, 5.41) is 2.91. The Morgan fingerprint density at radius 3 is 2.97 bits per heavy atom. The third-order valence-electron chi connectivity index (χ3n) is 5.77. The van der Waals surface area contributed by atoms with Gasteiger partial charge in [-0.3, -0.25) is 14.2 Å². The number of allylic oxidation sites excluding steroid dienone is 3. The van der Waals surface area contributed by atoms with Crippen LogP contribution in [0.4, 0.5) is 10.1 Å². The minimum absolute atomic E-state index is 0. The Morgan fingerprint density at radius 2 is 2.20 bits per heavy atom. The molecule has 3 heterocycles. The van der Waals surface area contributed by atoms with Crippen LogP contribution in [0.3, 0.4) is 0 Å². The zero-order valence-electron chi connectivity index (χ0n) is 19.6. The van der Waals surface area contributed by atoms with Crippen LogP contribution < -0.4 is 11.1 Å². The number of alkyl halides is 1. The van der Waals surface area contributed by atoms with Gasteiger partial charge in [-0.2, -0.15) is 0 Å². The molecule has 1 aliphatic rings. The lowest BCUT2D eigenvalue weighted by atomic mass is 10.0. The quantitative estimate of drug-likeness (QED) is 0.299. The van der Waals surface area contributed by atoms with Gasteiger partial charge in [-0.15, -0.1) is 0 Å². The number of hydrogen-bond acceptors (Lipinski definition) is 4. The first-order valence-electron chi connectivity index (χ1n) is 11.3. The molecule has 1 aliphatic heterocycles. The molecule has 2 atom stereocenters. The summed E-state index contributed by atoms with van der Waals surface area (Å²) in [4.78, 5) is 25.9. The van der Waals surface area contributed by atoms with E-state index >= 15 is 0 Å². The smallest absolute Gasteiger partial charge is 0.274 e. The lowest BCUT2D eigenvalue weighted by molar-refractivity contribution is 0.102. The number of amidine groups is 2. The van der Waals surface area contributed by atoms with Crippen LogP contribution >= 0.6 is 0 Å². The van der Waals surface area contributed by atoms with E-state index in [2.05, 4.69) is 26.9 Å². The Labute approximate surface area is 204 Å². The number of aromatic nitrogens is 2. The van der Waals surface area contributed by atoms with E-state index in [4.69, 9.17) is 5.73 Å². The van der Waals surface area contributed by atoms with Crippen molar-refractivity contribution < 1.29 is 10.6 Å². The molecule has 3 N–H and O–H groups in total. The molecule has 4 rings (SSSR count). The highest BCUT2D eigenvalue weighted by Gasteiger charge is 2.29. The van der Waals surface area contributed by atoms with Crippen LogP contribution in [0.1, 0.15) is 36.4 Å². The number of aryl methyl sites for hydroxylation is 1. The van der Waals surface area contributed by atoms with Crippen molar-refractivity contribution in [1.82, 2.24) is 9.38 Å². The molecule has 0 spiro atoms. The van der Waals surface area contributed by atoms with Crippen molar-refractivity contribution in [2.75, 3.05) is 5.32 Å². The molecule has 8 heteroatoms. The van der Waals surface area contributed by atoms with Crippen molar-refractivity contribution in [2.24, 2.45) is 15.7 Å². The Balaban J connectivity index is 0.00000361. The molecule has 180 valence electrons. The summed E-state index contributed by atoms with van der Waals surface area (Å²) >= 11 is 0. The van der Waals surface area contributed by atoms with E-state index in [0.29, 0.717) is 22.6 Å². The van der Waals surface area contributed by atoms with E-state index in [1.54, 1.807) is 28.8 Å². The summed E-state index contributed by atoms with van der Waals surface area (Å²) in [6.45, 7) is 7.58. The summed E-state index contributed by atoms with van der Waals surface area (Å²) in [6.07, 6.45) is 9.46. The molecule has 0 unspecified atom stereocenters. The SMILES string of the molecule is C=C/C(=C\C=C/C)[C@H]1C[C@@H](F)C(N=C(N)c2ccc(C)c(NC(=O)c3cnc4ccccn34)c2)=N1.[HH]. The average Bonchev–Trinajstić information content (AvgIpc) is 3.44. The van der Waals surface area contributed by atoms with Gasteiger partial charge in [0.1, 0.15) is 17.2 Å². The van der Waals surface area contributed by atoms with Crippen LogP contribution in [-0.2, 0) is 0 Å². The summed E-state index contributed by atoms with van der Waals surface area (Å²) in [5.41, 5.74) is 10.1. The Hall–Kier alpha value is -4.33. The molecule has 35 heavy (non-hydrogen) atoms. The number of rotatable bonds is 6. The maximum Gasteiger partial charge on any atom is 0.274 e. The molecule has 2 aromatic heterocycles. The van der Waals surface area contributed by atoms with Gasteiger partial charge < -0.3 is 11.1 Å². The second-order valence-corrected chi connectivity index (χ2v) is 8.16. The van der Waals surface area contributed by atoms with Crippen molar-refractivity contribution in [3.05, 3.63) is 102 Å². The second-order valence-electron chi connectivity index (χ2n) is 8.16. The Bertz CT molecular complexity index is 1400. The minimum atomic E-state index is -1.33. The van der Waals surface area contributed by atoms with Gasteiger partial charge in [-0.05, 0) is 43.2 Å². The number of anilines is 1. The molecule has 1 amide bonds. The Morgan fingerprint density at radius 1 is 1.37 bits per heavy atom. The molecule has 0 fully saturated rings. The van der Waals surface area contributed by atoms with Crippen LogP contribution in [0.25, 0.3) is 5.65 Å². The molecule has 3 aromatic rings. The fraction of sp³-hybridized carbons (Fsp3) is 0.185. The molecule has 0 saturated heterocycles. The van der Waals surface area contributed by atoms with Gasteiger partial charge in [0.25, 0.3) is 5.91 Å². The van der Waals surface area contributed by atoms with Crippen molar-refractivity contribution >= 4 is 28.9 Å². The lowest BCUT2D eigenvalue weighted by Gasteiger charge is -2.11. The summed E-state index contributed by atoms with van der Waals surface area (Å²) in [6, 6.07) is 10.5. The number of hydrogen-bond donors (Lipinski definition) is 2. The van der Waals surface area contributed by atoms with Crippen molar-refractivity contribution in [3.8, 4) is 0 Å². The number of imidazole rings is 1. The van der Waals surface area contributed by atoms with Crippen molar-refractivity contribution in [2.45, 2.75) is 32.5 Å². The number of benzene rings is 1. The number of halogens is 1. The molecule has 0 saturated carbocycles. The van der Waals surface area contributed by atoms with Gasteiger partial charge in [0.15, 0.2) is 12.0 Å². The standard InChI is InChI=1S/C27H27FN6O.H2/c1-4-6-9-18(5-2)22-15-20(28)26(31-22)33-25(29)19-12-11-17(3)21(14-19)32-27(35)23-16-30-24-10-7-8-13-34(23)24;/h4-14,16,20,22H,2,15H2,1,3H3,(H,32,35)(H2,29,31,33);1H/b6-4-,18-9+;/t20-,22-;/m1./s1. The van der Waals surface area contributed by atoms with Gasteiger partial charge in [-0.1, -0.05) is 49.1 Å². The number of amides is 1. The predicted molar refractivity (Wildman–Crippen MR) is 141 cm³/mol. The highest BCUT2D eigenvalue weighted by molar-refractivity contribution is 6.09. The highest BCUT2D eigenvalue weighted by atomic mass is 19.1. The van der Waals surface area contributed by atoms with Crippen LogP contribution in [0.2, 0.25) is 0 Å². The Kier molecular flexibility index (Phi) is 7.01. The number of nitrogens with zero attached hydrogens (tertiary/aromatic N) is 4. The first kappa shape index (κ1) is 23.8. The lowest BCUT2D eigenvalue weighted by Crippen LogP contribution is -2.20. The second kappa shape index (κ2) is 10.3. The number of carbonyl (C=O) groups is 1. The highest BCUT2D eigenvalue weighted by Crippen LogP contribution is 2.25. The zero-order chi connectivity index (χ0) is 24.9. The molecule has 7 nitrogen and oxygen atoms in total. The third kappa shape index (κ3) is 5.11. The zero-order valence-corrected chi connectivity index (χ0v) is 19.6. The monoisotopic (exact) mass is 472 g/mol. The predicted octanol–water partition coefficient (Wildman–Crippen LogP) is 5.04. The first-order chi connectivity index (χ1) is 16.9. The molecule has 0 bridgehead atoms. The number of nitrogens with two attached hydrogens (primary N) is 1. The van der Waals surface area contributed by atoms with E-state index in [-0.39, 0.29) is 31.5 Å². The molecular weight excluding hydrogens is 443 g/mol. The first-order valence-corrected chi connectivity index (χ1v) is 11.3. The molecule has 0 aliphatic carbocycles. The molecular formula is C27H29FN6O. The van der Waals surface area contributed by atoms with Crippen molar-refractivity contribution in [1.29, 1.82) is 0 Å². The van der Waals surface area contributed by atoms with Crippen molar-refractivity contribution in [3.63, 3.8) is 0 Å². The normalized spacial score (nSPS) is 18.8. The fourth-order valence-electron chi connectivity index (χ4n) is 3.82. The molecule has 0 radical (unpaired) electrons. The van der Waals surface area contributed by atoms with Gasteiger partial charge in [0.05, 0.1) is 12.2 Å². The minimum Gasteiger partial charge on any atom is -0.383 e. The summed E-state index contributed by atoms with van der Waals surface area (Å²) < 4.78 is 16.4. The van der Waals surface area contributed by atoms with E-state index in [1.807, 2.05) is 56.3 Å². The molecule has 1 aromatic carbocycles. The maximum absolute atomic E-state index is 14.7. The van der Waals surface area contributed by atoms with E-state index in [0.717, 1.165) is 11.1 Å². The average molecular weight is 473 g/mol. The third-order valence-corrected chi connectivity index (χ3v) is 5.77. The van der Waals surface area contributed by atoms with Crippen LogP contribution in [0, 0.1) is 6.92 Å². The van der Waals surface area contributed by atoms with Gasteiger partial charge >= 0.3 is 0 Å².